The zero-order valence-electron chi connectivity index (χ0n) is 9.13. The smallest absolute Gasteiger partial charge is 0.238 e. The molecule has 0 atom stereocenters. The fraction of sp³-hybridized carbons (Fsp3) is 0.0833. The Labute approximate surface area is 108 Å². The molecule has 0 aliphatic carbocycles. The molecule has 0 aliphatic rings. The van der Waals surface area contributed by atoms with Crippen molar-refractivity contribution in [3.05, 3.63) is 41.1 Å². The highest BCUT2D eigenvalue weighted by Gasteiger charge is 2.03. The van der Waals surface area contributed by atoms with Crippen LogP contribution in [0.5, 0.6) is 0 Å². The van der Waals surface area contributed by atoms with E-state index in [2.05, 4.69) is 25.9 Å². The van der Waals surface area contributed by atoms with Gasteiger partial charge in [-0.15, -0.1) is 0 Å². The maximum absolute atomic E-state index is 8.70. The molecule has 1 heterocycles. The summed E-state index contributed by atoms with van der Waals surface area (Å²) >= 11 is 3.38. The van der Waals surface area contributed by atoms with Gasteiger partial charge in [-0.25, -0.2) is 9.97 Å². The number of nitrogens with zero attached hydrogens (tertiary/aromatic N) is 4. The highest BCUT2D eigenvalue weighted by Crippen LogP contribution is 2.21. The Morgan fingerprint density at radius 1 is 1.12 bits per heavy atom. The monoisotopic (exact) mass is 288 g/mol. The van der Waals surface area contributed by atoms with Gasteiger partial charge in [-0.05, 0) is 17.7 Å². The second-order valence-corrected chi connectivity index (χ2v) is 4.35. The van der Waals surface area contributed by atoms with Gasteiger partial charge in [0, 0.05) is 29.5 Å². The molecule has 0 unspecified atom stereocenters. The number of rotatable bonds is 2. The maximum atomic E-state index is 8.70. The molecule has 2 rings (SSSR count). The molecule has 0 N–H and O–H groups in total. The van der Waals surface area contributed by atoms with Gasteiger partial charge in [-0.2, -0.15) is 5.26 Å². The Morgan fingerprint density at radius 2 is 1.71 bits per heavy atom. The highest BCUT2D eigenvalue weighted by molar-refractivity contribution is 9.10. The number of anilines is 1. The van der Waals surface area contributed by atoms with Gasteiger partial charge in [0.1, 0.15) is 0 Å². The lowest BCUT2D eigenvalue weighted by atomic mass is 10.1. The van der Waals surface area contributed by atoms with Crippen LogP contribution >= 0.6 is 15.9 Å². The first-order chi connectivity index (χ1) is 8.20. The van der Waals surface area contributed by atoms with Crippen molar-refractivity contribution in [3.63, 3.8) is 0 Å². The number of aromatic nitrogens is 2. The normalized spacial score (nSPS) is 9.71. The fourth-order valence-electron chi connectivity index (χ4n) is 1.33. The van der Waals surface area contributed by atoms with E-state index in [1.807, 2.05) is 30.5 Å². The molecule has 0 fully saturated rings. The summed E-state index contributed by atoms with van der Waals surface area (Å²) in [5, 5.41) is 8.70. The van der Waals surface area contributed by atoms with Crippen LogP contribution < -0.4 is 4.90 Å². The van der Waals surface area contributed by atoms with Crippen LogP contribution in [0.15, 0.2) is 41.1 Å². The van der Waals surface area contributed by atoms with Crippen molar-refractivity contribution < 1.29 is 0 Å². The quantitative estimate of drug-likeness (QED) is 0.630. The van der Waals surface area contributed by atoms with Crippen molar-refractivity contribution in [2.24, 2.45) is 0 Å². The molecule has 1 aromatic carbocycles. The summed E-state index contributed by atoms with van der Waals surface area (Å²) in [5.41, 5.74) is 1.96. The average molecular weight is 289 g/mol. The molecule has 0 bridgehead atoms. The summed E-state index contributed by atoms with van der Waals surface area (Å²) in [5.74, 6) is 0.397. The van der Waals surface area contributed by atoms with Crippen LogP contribution in [-0.2, 0) is 0 Å². The van der Waals surface area contributed by atoms with Gasteiger partial charge in [-0.1, -0.05) is 28.1 Å². The van der Waals surface area contributed by atoms with Gasteiger partial charge in [0.15, 0.2) is 6.19 Å². The second kappa shape index (κ2) is 4.93. The van der Waals surface area contributed by atoms with Gasteiger partial charge in [0.2, 0.25) is 5.95 Å². The molecule has 84 valence electrons. The minimum absolute atomic E-state index is 0.397. The van der Waals surface area contributed by atoms with E-state index in [9.17, 15) is 0 Å². The third kappa shape index (κ3) is 2.60. The standard InChI is InChI=1S/C12H9BrN4/c1-17(8-14)12-15-6-10(7-16-12)9-2-4-11(13)5-3-9/h2-7H,1H3. The Hall–Kier alpha value is -1.93. The molecule has 2 aromatic rings. The number of hydrogen-bond acceptors (Lipinski definition) is 4. The summed E-state index contributed by atoms with van der Waals surface area (Å²) in [6, 6.07) is 7.89. The van der Waals surface area contributed by atoms with Crippen LogP contribution in [-0.4, -0.2) is 17.0 Å². The average Bonchev–Trinajstić information content (AvgIpc) is 2.39. The van der Waals surface area contributed by atoms with E-state index in [0.717, 1.165) is 15.6 Å². The topological polar surface area (TPSA) is 52.8 Å². The van der Waals surface area contributed by atoms with Gasteiger partial charge in [0.05, 0.1) is 0 Å². The zero-order valence-corrected chi connectivity index (χ0v) is 10.7. The molecule has 5 heteroatoms. The molecule has 0 radical (unpaired) electrons. The predicted molar refractivity (Wildman–Crippen MR) is 69.2 cm³/mol. The largest absolute Gasteiger partial charge is 0.250 e. The van der Waals surface area contributed by atoms with E-state index in [1.165, 1.54) is 4.90 Å². The van der Waals surface area contributed by atoms with Crippen LogP contribution in [0, 0.1) is 11.5 Å². The first kappa shape index (κ1) is 11.6. The van der Waals surface area contributed by atoms with E-state index < -0.39 is 0 Å². The molecule has 0 amide bonds. The summed E-state index contributed by atoms with van der Waals surface area (Å²) < 4.78 is 1.03. The minimum atomic E-state index is 0.397. The van der Waals surface area contributed by atoms with Gasteiger partial charge in [-0.3, -0.25) is 4.90 Å². The van der Waals surface area contributed by atoms with Gasteiger partial charge < -0.3 is 0 Å². The number of nitriles is 1. The SMILES string of the molecule is CN(C#N)c1ncc(-c2ccc(Br)cc2)cn1. The lowest BCUT2D eigenvalue weighted by molar-refractivity contribution is 1.05. The van der Waals surface area contributed by atoms with E-state index in [-0.39, 0.29) is 0 Å². The van der Waals surface area contributed by atoms with Crippen LogP contribution in [0.4, 0.5) is 5.95 Å². The number of hydrogen-bond donors (Lipinski definition) is 0. The van der Waals surface area contributed by atoms with Crippen molar-refractivity contribution in [2.45, 2.75) is 0 Å². The minimum Gasteiger partial charge on any atom is -0.250 e. The predicted octanol–water partition coefficient (Wildman–Crippen LogP) is 2.82. The lowest BCUT2D eigenvalue weighted by Gasteiger charge is -2.06. The molecule has 4 nitrogen and oxygen atoms in total. The van der Waals surface area contributed by atoms with E-state index >= 15 is 0 Å². The van der Waals surface area contributed by atoms with Crippen LogP contribution in [0.2, 0.25) is 0 Å². The van der Waals surface area contributed by atoms with E-state index in [0.29, 0.717) is 5.95 Å². The first-order valence-electron chi connectivity index (χ1n) is 4.92. The third-order valence-corrected chi connectivity index (χ3v) is 2.79. The molecular formula is C12H9BrN4. The number of halogens is 1. The van der Waals surface area contributed by atoms with Crippen molar-refractivity contribution in [2.75, 3.05) is 11.9 Å². The Kier molecular flexibility index (Phi) is 3.35. The van der Waals surface area contributed by atoms with Crippen molar-refractivity contribution >= 4 is 21.9 Å². The Bertz CT molecular complexity index is 542. The Morgan fingerprint density at radius 3 is 2.24 bits per heavy atom. The molecule has 0 saturated heterocycles. The van der Waals surface area contributed by atoms with E-state index in [4.69, 9.17) is 5.26 Å². The van der Waals surface area contributed by atoms with Crippen molar-refractivity contribution in [1.82, 2.24) is 9.97 Å². The molecule has 0 spiro atoms. The summed E-state index contributed by atoms with van der Waals surface area (Å²) in [6.07, 6.45) is 5.37. The van der Waals surface area contributed by atoms with Gasteiger partial charge in [0.25, 0.3) is 0 Å². The van der Waals surface area contributed by atoms with Crippen molar-refractivity contribution in [3.8, 4) is 17.3 Å². The van der Waals surface area contributed by atoms with E-state index in [1.54, 1.807) is 19.4 Å². The van der Waals surface area contributed by atoms with Gasteiger partial charge >= 0.3 is 0 Å². The van der Waals surface area contributed by atoms with Crippen LogP contribution in [0.25, 0.3) is 11.1 Å². The summed E-state index contributed by atoms with van der Waals surface area (Å²) in [6.45, 7) is 0. The van der Waals surface area contributed by atoms with Crippen LogP contribution in [0.3, 0.4) is 0 Å². The zero-order chi connectivity index (χ0) is 12.3. The maximum Gasteiger partial charge on any atom is 0.238 e. The third-order valence-electron chi connectivity index (χ3n) is 2.27. The Balaban J connectivity index is 2.30. The van der Waals surface area contributed by atoms with Crippen LogP contribution in [0.1, 0.15) is 0 Å². The second-order valence-electron chi connectivity index (χ2n) is 3.44. The first-order valence-corrected chi connectivity index (χ1v) is 5.71. The molecule has 17 heavy (non-hydrogen) atoms. The number of benzene rings is 1. The molecule has 0 aliphatic heterocycles. The lowest BCUT2D eigenvalue weighted by Crippen LogP contribution is -2.11. The summed E-state index contributed by atoms with van der Waals surface area (Å²) in [7, 11) is 1.62. The molecular weight excluding hydrogens is 280 g/mol. The molecule has 1 aromatic heterocycles. The highest BCUT2D eigenvalue weighted by atomic mass is 79.9. The van der Waals surface area contributed by atoms with Crippen molar-refractivity contribution in [1.29, 1.82) is 5.26 Å². The fourth-order valence-corrected chi connectivity index (χ4v) is 1.59. The molecule has 0 saturated carbocycles. The summed E-state index contributed by atoms with van der Waals surface area (Å²) in [4.78, 5) is 9.57.